The number of methoxy groups -OCH3 is 1. The summed E-state index contributed by atoms with van der Waals surface area (Å²) >= 11 is 0. The molecule has 3 aliphatic heterocycles. The molecule has 0 radical (unpaired) electrons. The highest BCUT2D eigenvalue weighted by Crippen LogP contribution is 2.41. The Balaban J connectivity index is 1.77. The number of amides is 3. The average Bonchev–Trinajstić information content (AvgIpc) is 3.19. The first kappa shape index (κ1) is 19.4. The van der Waals surface area contributed by atoms with Crippen molar-refractivity contribution >= 4 is 23.6 Å². The molecule has 2 unspecified atom stereocenters. The first-order valence-electron chi connectivity index (χ1n) is 9.77. The predicted molar refractivity (Wildman–Crippen MR) is 110 cm³/mol. The van der Waals surface area contributed by atoms with E-state index in [-0.39, 0.29) is 18.5 Å². The van der Waals surface area contributed by atoms with Crippen molar-refractivity contribution in [3.05, 3.63) is 40.7 Å². The predicted octanol–water partition coefficient (Wildman–Crippen LogP) is 2.28. The van der Waals surface area contributed by atoms with Crippen LogP contribution in [0.1, 0.15) is 25.0 Å². The van der Waals surface area contributed by atoms with Gasteiger partial charge in [-0.2, -0.15) is 0 Å². The summed E-state index contributed by atoms with van der Waals surface area (Å²) in [6.45, 7) is 8.75. The number of carbonyl (C=O) groups is 2. The quantitative estimate of drug-likeness (QED) is 0.780. The van der Waals surface area contributed by atoms with E-state index in [0.29, 0.717) is 12.6 Å². The number of aryl methyl sites for hydroxylation is 1. The smallest absolute Gasteiger partial charge is 0.328 e. The van der Waals surface area contributed by atoms with Gasteiger partial charge >= 0.3 is 6.03 Å². The first-order chi connectivity index (χ1) is 13.8. The van der Waals surface area contributed by atoms with Crippen LogP contribution in [0, 0.1) is 13.8 Å². The molecule has 0 saturated carbocycles. The van der Waals surface area contributed by atoms with Crippen LogP contribution in [0.3, 0.4) is 0 Å². The van der Waals surface area contributed by atoms with Gasteiger partial charge in [0.1, 0.15) is 0 Å². The normalized spacial score (nSPS) is 23.9. The maximum atomic E-state index is 13.3. The molecule has 0 aromatic heterocycles. The third-order valence-corrected chi connectivity index (χ3v) is 6.23. The third kappa shape index (κ3) is 2.66. The molecule has 1 aromatic carbocycles. The molecule has 2 atom stereocenters. The number of urea groups is 1. The zero-order valence-electron chi connectivity index (χ0n) is 17.8. The molecule has 29 heavy (non-hydrogen) atoms. The number of aliphatic imine (C=N–C) groups is 1. The molecule has 0 N–H and O–H groups in total. The minimum Gasteiger partial charge on any atom is -0.383 e. The van der Waals surface area contributed by atoms with E-state index in [1.165, 1.54) is 10.5 Å². The molecule has 4 rings (SSSR count). The Morgan fingerprint density at radius 2 is 1.83 bits per heavy atom. The number of guanidine groups is 1. The highest BCUT2D eigenvalue weighted by Gasteiger charge is 2.55. The molecular weight excluding hydrogens is 370 g/mol. The van der Waals surface area contributed by atoms with Gasteiger partial charge < -0.3 is 9.64 Å². The zero-order valence-corrected chi connectivity index (χ0v) is 17.8. The number of imide groups is 1. The monoisotopic (exact) mass is 397 g/mol. The van der Waals surface area contributed by atoms with Crippen LogP contribution in [-0.4, -0.2) is 72.1 Å². The number of allylic oxidation sites excluding steroid dienone is 2. The van der Waals surface area contributed by atoms with Crippen LogP contribution < -0.4 is 4.90 Å². The first-order valence-corrected chi connectivity index (χ1v) is 9.77. The van der Waals surface area contributed by atoms with E-state index in [9.17, 15) is 9.59 Å². The van der Waals surface area contributed by atoms with Gasteiger partial charge in [-0.3, -0.25) is 19.5 Å². The fourth-order valence-corrected chi connectivity index (χ4v) is 4.27. The largest absolute Gasteiger partial charge is 0.383 e. The minimum absolute atomic E-state index is 0.230. The van der Waals surface area contributed by atoms with Gasteiger partial charge in [-0.1, -0.05) is 12.1 Å². The number of nitrogens with zero attached hydrogens (tertiary/aromatic N) is 5. The summed E-state index contributed by atoms with van der Waals surface area (Å²) in [6.07, 6.45) is -0.542. The summed E-state index contributed by atoms with van der Waals surface area (Å²) in [5.41, 5.74) is 5.40. The van der Waals surface area contributed by atoms with Gasteiger partial charge in [0.25, 0.3) is 5.91 Å². The fourth-order valence-electron chi connectivity index (χ4n) is 4.27. The molecule has 1 saturated heterocycles. The number of hydrogen-bond acceptors (Lipinski definition) is 6. The van der Waals surface area contributed by atoms with Crippen LogP contribution in [0.25, 0.3) is 0 Å². The number of rotatable bonds is 4. The maximum absolute atomic E-state index is 13.3. The second-order valence-corrected chi connectivity index (χ2v) is 7.76. The average molecular weight is 397 g/mol. The molecule has 1 aromatic rings. The Kier molecular flexibility index (Phi) is 4.61. The topological polar surface area (TPSA) is 68.7 Å². The molecular formula is C21H27N5O3. The van der Waals surface area contributed by atoms with E-state index in [1.807, 2.05) is 24.8 Å². The van der Waals surface area contributed by atoms with Gasteiger partial charge in [0, 0.05) is 25.6 Å². The van der Waals surface area contributed by atoms with Crippen molar-refractivity contribution in [1.82, 2.24) is 14.7 Å². The highest BCUT2D eigenvalue weighted by molar-refractivity contribution is 6.10. The number of anilines is 1. The van der Waals surface area contributed by atoms with Crippen molar-refractivity contribution in [1.29, 1.82) is 0 Å². The summed E-state index contributed by atoms with van der Waals surface area (Å²) in [5, 5.41) is 0. The lowest BCUT2D eigenvalue weighted by Crippen LogP contribution is -2.65. The molecule has 0 bridgehead atoms. The van der Waals surface area contributed by atoms with Crippen molar-refractivity contribution < 1.29 is 14.3 Å². The van der Waals surface area contributed by atoms with Crippen LogP contribution in [-0.2, 0) is 9.53 Å². The number of ether oxygens (including phenoxy) is 1. The maximum Gasteiger partial charge on any atom is 0.328 e. The molecule has 3 heterocycles. The zero-order chi connectivity index (χ0) is 21.0. The van der Waals surface area contributed by atoms with Crippen molar-refractivity contribution in [3.8, 4) is 0 Å². The van der Waals surface area contributed by atoms with E-state index in [2.05, 4.69) is 30.9 Å². The molecule has 0 aliphatic carbocycles. The standard InChI is InChI=1S/C21H27N5O3/c1-12-8-7-9-16(13(12)2)25-14(3)15(4)26-17-18(22-20(25)26)23(5)21(28)24(19(17)27)10-11-29-6/h7-9,17-18H,10-11H2,1-6H3. The lowest BCUT2D eigenvalue weighted by Gasteiger charge is -2.40. The van der Waals surface area contributed by atoms with Gasteiger partial charge in [-0.15, -0.1) is 0 Å². The molecule has 3 amide bonds. The minimum atomic E-state index is -0.561. The van der Waals surface area contributed by atoms with Crippen molar-refractivity contribution in [3.63, 3.8) is 0 Å². The second-order valence-electron chi connectivity index (χ2n) is 7.76. The number of fused-ring (bicyclic) bond motifs is 3. The number of likely N-dealkylation sites (N-methyl/N-ethyl adjacent to an activating group) is 1. The Morgan fingerprint density at radius 3 is 2.52 bits per heavy atom. The lowest BCUT2D eigenvalue weighted by molar-refractivity contribution is -0.137. The summed E-state index contributed by atoms with van der Waals surface area (Å²) < 4.78 is 5.09. The van der Waals surface area contributed by atoms with Crippen LogP contribution in [0.5, 0.6) is 0 Å². The number of benzene rings is 1. The third-order valence-electron chi connectivity index (χ3n) is 6.23. The van der Waals surface area contributed by atoms with E-state index in [1.54, 1.807) is 19.1 Å². The second kappa shape index (κ2) is 6.88. The molecule has 0 spiro atoms. The van der Waals surface area contributed by atoms with Gasteiger partial charge in [0.15, 0.2) is 12.2 Å². The molecule has 8 heteroatoms. The van der Waals surface area contributed by atoms with Crippen LogP contribution >= 0.6 is 0 Å². The SMILES string of the molecule is COCCN1C(=O)C2C(N=C3N(c4cccc(C)c4C)C(C)=C(C)N32)N(C)C1=O. The highest BCUT2D eigenvalue weighted by atomic mass is 16.5. The fraction of sp³-hybridized carbons (Fsp3) is 0.476. The van der Waals surface area contributed by atoms with Gasteiger partial charge in [0.2, 0.25) is 5.96 Å². The summed E-state index contributed by atoms with van der Waals surface area (Å²) in [7, 11) is 3.26. The van der Waals surface area contributed by atoms with Crippen molar-refractivity contribution in [2.24, 2.45) is 4.99 Å². The number of carbonyl (C=O) groups excluding carboxylic acids is 2. The molecule has 1 fully saturated rings. The van der Waals surface area contributed by atoms with Crippen molar-refractivity contribution in [2.45, 2.75) is 39.9 Å². The number of hydrogen-bond donors (Lipinski definition) is 0. The lowest BCUT2D eigenvalue weighted by atomic mass is 10.1. The Hall–Kier alpha value is -2.87. The summed E-state index contributed by atoms with van der Waals surface area (Å²) in [6, 6.07) is 5.27. The van der Waals surface area contributed by atoms with Gasteiger partial charge in [-0.05, 0) is 44.9 Å². The summed E-state index contributed by atoms with van der Waals surface area (Å²) in [4.78, 5) is 37.8. The van der Waals surface area contributed by atoms with Crippen molar-refractivity contribution in [2.75, 3.05) is 32.2 Å². The van der Waals surface area contributed by atoms with E-state index in [0.717, 1.165) is 22.6 Å². The molecule has 154 valence electrons. The summed E-state index contributed by atoms with van der Waals surface area (Å²) in [5.74, 6) is 0.467. The van der Waals surface area contributed by atoms with Crippen LogP contribution in [0.2, 0.25) is 0 Å². The van der Waals surface area contributed by atoms with Gasteiger partial charge in [-0.25, -0.2) is 9.79 Å². The van der Waals surface area contributed by atoms with E-state index < -0.39 is 12.2 Å². The Morgan fingerprint density at radius 1 is 1.10 bits per heavy atom. The van der Waals surface area contributed by atoms with E-state index >= 15 is 0 Å². The van der Waals surface area contributed by atoms with Crippen LogP contribution in [0.4, 0.5) is 10.5 Å². The molecule has 3 aliphatic rings. The van der Waals surface area contributed by atoms with Crippen LogP contribution in [0.15, 0.2) is 34.6 Å². The van der Waals surface area contributed by atoms with Gasteiger partial charge in [0.05, 0.1) is 18.8 Å². The Labute approximate surface area is 171 Å². The van der Waals surface area contributed by atoms with E-state index in [4.69, 9.17) is 9.73 Å². The molecule has 8 nitrogen and oxygen atoms in total. The Bertz CT molecular complexity index is 954.